The van der Waals surface area contributed by atoms with Gasteiger partial charge in [-0.2, -0.15) is 0 Å². The largest absolute Gasteiger partial charge is 0.379 e. The highest BCUT2D eigenvalue weighted by molar-refractivity contribution is 7.16. The molecule has 1 fully saturated rings. The second-order valence-corrected chi connectivity index (χ2v) is 6.14. The zero-order chi connectivity index (χ0) is 10.9. The van der Waals surface area contributed by atoms with Crippen molar-refractivity contribution in [3.8, 4) is 0 Å². The van der Waals surface area contributed by atoms with Gasteiger partial charge in [0.2, 0.25) is 0 Å². The van der Waals surface area contributed by atoms with Crippen LogP contribution >= 0.6 is 22.9 Å². The molecule has 4 heteroatoms. The van der Waals surface area contributed by atoms with E-state index in [2.05, 4.69) is 13.0 Å². The van der Waals surface area contributed by atoms with Crippen molar-refractivity contribution in [3.63, 3.8) is 0 Å². The molecule has 1 unspecified atom stereocenters. The first-order chi connectivity index (χ1) is 7.16. The topological polar surface area (TPSA) is 35.2 Å². The first-order valence-corrected chi connectivity index (χ1v) is 6.39. The van der Waals surface area contributed by atoms with Crippen molar-refractivity contribution in [3.05, 3.63) is 21.3 Å². The first-order valence-electron chi connectivity index (χ1n) is 5.20. The highest BCUT2D eigenvalue weighted by Crippen LogP contribution is 2.42. The third-order valence-corrected chi connectivity index (χ3v) is 4.47. The molecule has 1 aromatic heterocycles. The average molecular weight is 246 g/mol. The lowest BCUT2D eigenvalue weighted by atomic mass is 9.77. The van der Waals surface area contributed by atoms with Crippen LogP contribution in [0.15, 0.2) is 12.1 Å². The number of nitrogens with two attached hydrogens (primary N) is 1. The lowest BCUT2D eigenvalue weighted by Crippen LogP contribution is -2.47. The molecule has 1 aliphatic heterocycles. The Bertz CT molecular complexity index is 335. The van der Waals surface area contributed by atoms with Crippen molar-refractivity contribution in [2.45, 2.75) is 18.8 Å². The highest BCUT2D eigenvalue weighted by atomic mass is 35.5. The minimum absolute atomic E-state index is 0.191. The van der Waals surface area contributed by atoms with Crippen molar-refractivity contribution in [1.29, 1.82) is 0 Å². The highest BCUT2D eigenvalue weighted by Gasteiger charge is 2.42. The summed E-state index contributed by atoms with van der Waals surface area (Å²) in [4.78, 5) is 1.35. The van der Waals surface area contributed by atoms with Gasteiger partial charge in [0.05, 0.1) is 23.0 Å². The number of rotatable bonds is 4. The molecule has 15 heavy (non-hydrogen) atoms. The summed E-state index contributed by atoms with van der Waals surface area (Å²) in [6, 6.07) is 4.09. The van der Waals surface area contributed by atoms with Crippen molar-refractivity contribution in [1.82, 2.24) is 0 Å². The number of thiophene rings is 1. The summed E-state index contributed by atoms with van der Waals surface area (Å²) in [6.45, 7) is 4.55. The molecule has 2 N–H and O–H groups in total. The van der Waals surface area contributed by atoms with Gasteiger partial charge in [-0.25, -0.2) is 0 Å². The molecule has 2 nitrogen and oxygen atoms in total. The van der Waals surface area contributed by atoms with Gasteiger partial charge in [-0.05, 0) is 31.0 Å². The molecule has 0 saturated carbocycles. The molecule has 0 bridgehead atoms. The van der Waals surface area contributed by atoms with E-state index in [1.807, 2.05) is 6.07 Å². The Balaban J connectivity index is 2.14. The Morgan fingerprint density at radius 3 is 2.73 bits per heavy atom. The lowest BCUT2D eigenvalue weighted by Gasteiger charge is -2.42. The van der Waals surface area contributed by atoms with Crippen LogP contribution in [-0.2, 0) is 10.2 Å². The maximum absolute atomic E-state index is 5.97. The maximum Gasteiger partial charge on any atom is 0.0931 e. The van der Waals surface area contributed by atoms with E-state index in [1.54, 1.807) is 11.3 Å². The van der Waals surface area contributed by atoms with Crippen molar-refractivity contribution >= 4 is 22.9 Å². The van der Waals surface area contributed by atoms with Crippen LogP contribution in [-0.4, -0.2) is 19.8 Å². The number of ether oxygens (including phenoxy) is 1. The van der Waals surface area contributed by atoms with Crippen LogP contribution in [0, 0.1) is 5.92 Å². The third-order valence-electron chi connectivity index (χ3n) is 2.99. The molecule has 1 saturated heterocycles. The van der Waals surface area contributed by atoms with E-state index >= 15 is 0 Å². The third kappa shape index (κ3) is 2.21. The summed E-state index contributed by atoms with van der Waals surface area (Å²) in [5.41, 5.74) is 5.87. The standard InChI is InChI=1S/C11H16ClNOS/c1-8(5-13)4-11(6-14-7-11)9-2-3-10(12)15-9/h2-3,8H,4-7,13H2,1H3. The molecule has 1 aromatic rings. The van der Waals surface area contributed by atoms with Gasteiger partial charge in [0.25, 0.3) is 0 Å². The second kappa shape index (κ2) is 4.42. The van der Waals surface area contributed by atoms with E-state index < -0.39 is 0 Å². The van der Waals surface area contributed by atoms with E-state index in [4.69, 9.17) is 22.1 Å². The Hall–Kier alpha value is -0.0900. The number of hydrogen-bond acceptors (Lipinski definition) is 3. The SMILES string of the molecule is CC(CN)CC1(c2ccc(Cl)s2)COC1. The van der Waals surface area contributed by atoms with E-state index in [0.717, 1.165) is 30.5 Å². The fourth-order valence-electron chi connectivity index (χ4n) is 2.06. The summed E-state index contributed by atoms with van der Waals surface area (Å²) in [5.74, 6) is 0.537. The Morgan fingerprint density at radius 1 is 1.60 bits per heavy atom. The lowest BCUT2D eigenvalue weighted by molar-refractivity contribution is -0.0683. The zero-order valence-electron chi connectivity index (χ0n) is 8.83. The van der Waals surface area contributed by atoms with Crippen LogP contribution in [0.2, 0.25) is 4.34 Å². The molecule has 0 amide bonds. The molecule has 0 aliphatic carbocycles. The van der Waals surface area contributed by atoms with Gasteiger partial charge in [0.1, 0.15) is 0 Å². The van der Waals surface area contributed by atoms with E-state index in [0.29, 0.717) is 5.92 Å². The molecule has 2 heterocycles. The summed E-state index contributed by atoms with van der Waals surface area (Å²) in [7, 11) is 0. The van der Waals surface area contributed by atoms with Crippen LogP contribution in [0.4, 0.5) is 0 Å². The van der Waals surface area contributed by atoms with Crippen molar-refractivity contribution in [2.75, 3.05) is 19.8 Å². The Kier molecular flexibility index (Phi) is 3.36. The predicted octanol–water partition coefficient (Wildman–Crippen LogP) is 2.65. The Morgan fingerprint density at radius 2 is 2.33 bits per heavy atom. The molecule has 0 radical (unpaired) electrons. The van der Waals surface area contributed by atoms with Gasteiger partial charge in [-0.15, -0.1) is 11.3 Å². The van der Waals surface area contributed by atoms with Crippen LogP contribution in [0.25, 0.3) is 0 Å². The monoisotopic (exact) mass is 245 g/mol. The quantitative estimate of drug-likeness (QED) is 0.885. The van der Waals surface area contributed by atoms with Gasteiger partial charge in [-0.1, -0.05) is 18.5 Å². The minimum atomic E-state index is 0.191. The molecular weight excluding hydrogens is 230 g/mol. The van der Waals surface area contributed by atoms with Crippen LogP contribution in [0.3, 0.4) is 0 Å². The average Bonchev–Trinajstić information content (AvgIpc) is 2.58. The van der Waals surface area contributed by atoms with Gasteiger partial charge >= 0.3 is 0 Å². The smallest absolute Gasteiger partial charge is 0.0931 e. The summed E-state index contributed by atoms with van der Waals surface area (Å²) in [6.07, 6.45) is 1.10. The molecule has 2 rings (SSSR count). The summed E-state index contributed by atoms with van der Waals surface area (Å²) < 4.78 is 6.23. The summed E-state index contributed by atoms with van der Waals surface area (Å²) in [5, 5.41) is 0. The second-order valence-electron chi connectivity index (χ2n) is 4.42. The number of hydrogen-bond donors (Lipinski definition) is 1. The molecule has 84 valence electrons. The number of halogens is 1. The van der Waals surface area contributed by atoms with Crippen LogP contribution in [0.1, 0.15) is 18.2 Å². The molecule has 0 aromatic carbocycles. The molecular formula is C11H16ClNOS. The normalized spacial score (nSPS) is 21.0. The van der Waals surface area contributed by atoms with E-state index in [9.17, 15) is 0 Å². The predicted molar refractivity (Wildman–Crippen MR) is 64.7 cm³/mol. The van der Waals surface area contributed by atoms with Gasteiger partial charge in [0.15, 0.2) is 0 Å². The minimum Gasteiger partial charge on any atom is -0.379 e. The van der Waals surface area contributed by atoms with Crippen molar-refractivity contribution in [2.24, 2.45) is 11.7 Å². The molecule has 0 spiro atoms. The fraction of sp³-hybridized carbons (Fsp3) is 0.636. The molecule has 1 aliphatic rings. The van der Waals surface area contributed by atoms with Crippen LogP contribution < -0.4 is 5.73 Å². The Labute approximate surface area is 99.4 Å². The van der Waals surface area contributed by atoms with E-state index in [1.165, 1.54) is 4.88 Å². The van der Waals surface area contributed by atoms with E-state index in [-0.39, 0.29) is 5.41 Å². The van der Waals surface area contributed by atoms with Crippen molar-refractivity contribution < 1.29 is 4.74 Å². The van der Waals surface area contributed by atoms with Crippen LogP contribution in [0.5, 0.6) is 0 Å². The van der Waals surface area contributed by atoms with Gasteiger partial charge in [-0.3, -0.25) is 0 Å². The maximum atomic E-state index is 5.97. The van der Waals surface area contributed by atoms with Gasteiger partial charge < -0.3 is 10.5 Å². The summed E-state index contributed by atoms with van der Waals surface area (Å²) >= 11 is 7.64. The molecule has 1 atom stereocenters. The fourth-order valence-corrected chi connectivity index (χ4v) is 3.27. The van der Waals surface area contributed by atoms with Gasteiger partial charge in [0, 0.05) is 4.88 Å². The zero-order valence-corrected chi connectivity index (χ0v) is 10.4. The first kappa shape index (κ1) is 11.4.